The van der Waals surface area contributed by atoms with Crippen LogP contribution in [0.4, 0.5) is 0 Å². The van der Waals surface area contributed by atoms with Crippen LogP contribution in [0.3, 0.4) is 0 Å². The molecule has 226 valence electrons. The van der Waals surface area contributed by atoms with Gasteiger partial charge in [-0.3, -0.25) is 9.59 Å². The van der Waals surface area contributed by atoms with Crippen molar-refractivity contribution in [3.63, 3.8) is 0 Å². The van der Waals surface area contributed by atoms with Gasteiger partial charge in [-0.1, -0.05) is 12.1 Å². The number of hydrogen-bond donors (Lipinski definition) is 1. The first-order valence-corrected chi connectivity index (χ1v) is 14.5. The van der Waals surface area contributed by atoms with E-state index in [9.17, 15) is 14.7 Å². The molecule has 0 aromatic heterocycles. The summed E-state index contributed by atoms with van der Waals surface area (Å²) in [7, 11) is 4.83. The number of amides is 1. The Morgan fingerprint density at radius 1 is 0.854 bits per heavy atom. The number of ketones is 1. The molecular formula is C32H46N2O7. The van der Waals surface area contributed by atoms with E-state index in [1.54, 1.807) is 50.5 Å². The number of benzene rings is 2. The smallest absolute Gasteiger partial charge is 0.223 e. The molecule has 1 saturated heterocycles. The largest absolute Gasteiger partial charge is 0.497 e. The van der Waals surface area contributed by atoms with Crippen LogP contribution in [0.15, 0.2) is 48.5 Å². The van der Waals surface area contributed by atoms with E-state index in [4.69, 9.17) is 18.9 Å². The summed E-state index contributed by atoms with van der Waals surface area (Å²) in [5.74, 6) is 1.42. The van der Waals surface area contributed by atoms with Crippen molar-refractivity contribution in [1.29, 1.82) is 0 Å². The van der Waals surface area contributed by atoms with Crippen LogP contribution in [0.2, 0.25) is 0 Å². The predicted molar refractivity (Wildman–Crippen MR) is 158 cm³/mol. The molecule has 1 fully saturated rings. The third-order valence-electron chi connectivity index (χ3n) is 7.50. The fraction of sp³-hybridized carbons (Fsp3) is 0.562. The fourth-order valence-corrected chi connectivity index (χ4v) is 5.12. The number of unbranched alkanes of at least 4 members (excludes halogenated alkanes) is 1. The highest BCUT2D eigenvalue weighted by atomic mass is 16.5. The van der Waals surface area contributed by atoms with Gasteiger partial charge < -0.3 is 33.9 Å². The first kappa shape index (κ1) is 32.5. The Balaban J connectivity index is 1.65. The zero-order valence-electron chi connectivity index (χ0n) is 24.8. The summed E-state index contributed by atoms with van der Waals surface area (Å²) in [6.45, 7) is 4.18. The van der Waals surface area contributed by atoms with Gasteiger partial charge in [-0.25, -0.2) is 0 Å². The molecule has 0 radical (unpaired) electrons. The van der Waals surface area contributed by atoms with E-state index in [1.807, 2.05) is 24.3 Å². The summed E-state index contributed by atoms with van der Waals surface area (Å²) < 4.78 is 21.2. The van der Waals surface area contributed by atoms with Crippen molar-refractivity contribution in [2.75, 3.05) is 67.3 Å². The van der Waals surface area contributed by atoms with Gasteiger partial charge in [-0.05, 0) is 80.7 Å². The van der Waals surface area contributed by atoms with E-state index in [0.29, 0.717) is 75.7 Å². The number of aliphatic hydroxyl groups excluding tert-OH is 1. The lowest BCUT2D eigenvalue weighted by Gasteiger charge is -2.37. The van der Waals surface area contributed by atoms with E-state index in [1.165, 1.54) is 0 Å². The van der Waals surface area contributed by atoms with Gasteiger partial charge in [0.15, 0.2) is 5.78 Å². The van der Waals surface area contributed by atoms with Crippen molar-refractivity contribution >= 4 is 11.7 Å². The maximum atomic E-state index is 13.6. The zero-order valence-corrected chi connectivity index (χ0v) is 24.8. The van der Waals surface area contributed by atoms with E-state index in [-0.39, 0.29) is 11.7 Å². The monoisotopic (exact) mass is 570 g/mol. The van der Waals surface area contributed by atoms with Crippen LogP contribution in [0.25, 0.3) is 0 Å². The van der Waals surface area contributed by atoms with E-state index >= 15 is 0 Å². The molecule has 1 heterocycles. The number of methoxy groups -OCH3 is 3. The molecule has 9 nitrogen and oxygen atoms in total. The lowest BCUT2D eigenvalue weighted by Crippen LogP contribution is -2.50. The number of ether oxygens (including phenoxy) is 4. The van der Waals surface area contributed by atoms with Crippen LogP contribution in [-0.2, 0) is 14.3 Å². The molecular weight excluding hydrogens is 524 g/mol. The first-order chi connectivity index (χ1) is 20.0. The Morgan fingerprint density at radius 3 is 2.12 bits per heavy atom. The van der Waals surface area contributed by atoms with Crippen molar-refractivity contribution in [1.82, 2.24) is 9.80 Å². The van der Waals surface area contributed by atoms with E-state index < -0.39 is 12.1 Å². The number of Topliss-reactive ketones (excluding diaryl/α,β-unsaturated/α-hetero) is 1. The molecule has 2 aromatic carbocycles. The normalized spacial score (nSPS) is 14.9. The molecule has 0 aliphatic carbocycles. The summed E-state index contributed by atoms with van der Waals surface area (Å²) in [6, 6.07) is 14.0. The number of carbonyl (C=O) groups is 2. The second-order valence-electron chi connectivity index (χ2n) is 10.4. The number of rotatable bonds is 19. The molecule has 2 aromatic rings. The fourth-order valence-electron chi connectivity index (χ4n) is 5.12. The van der Waals surface area contributed by atoms with Crippen LogP contribution >= 0.6 is 0 Å². The van der Waals surface area contributed by atoms with Gasteiger partial charge in [0.25, 0.3) is 0 Å². The van der Waals surface area contributed by atoms with Gasteiger partial charge in [-0.2, -0.15) is 0 Å². The second kappa shape index (κ2) is 17.7. The molecule has 1 aliphatic rings. The van der Waals surface area contributed by atoms with Gasteiger partial charge in [0.2, 0.25) is 5.91 Å². The highest BCUT2D eigenvalue weighted by Gasteiger charge is 2.33. The molecule has 2 atom stereocenters. The Hall–Kier alpha value is -2.98. The van der Waals surface area contributed by atoms with Gasteiger partial charge in [0.05, 0.1) is 26.4 Å². The van der Waals surface area contributed by atoms with Crippen LogP contribution in [0, 0.1) is 0 Å². The number of aliphatic hydroxyl groups is 1. The van der Waals surface area contributed by atoms with E-state index in [0.717, 1.165) is 31.5 Å². The lowest BCUT2D eigenvalue weighted by molar-refractivity contribution is -0.138. The van der Waals surface area contributed by atoms with Crippen LogP contribution in [0.1, 0.15) is 60.6 Å². The van der Waals surface area contributed by atoms with Crippen molar-refractivity contribution in [3.8, 4) is 11.5 Å². The zero-order chi connectivity index (χ0) is 29.5. The molecule has 1 unspecified atom stereocenters. The molecule has 41 heavy (non-hydrogen) atoms. The standard InChI is InChI=1S/C32H46N2O7/c1-38-21-20-34(31(36)9-5-4-8-30(35)25-10-14-27(40-3)15-11-25)29(24-33-18-6-7-19-33)32(37)26-12-16-28(17-13-26)41-23-22-39-2/h10-17,29,32,37H,4-9,18-24H2,1-3H3/t29-,32?/m1/s1. The molecule has 1 amide bonds. The SMILES string of the molecule is COCCOc1ccc(C(O)[C@@H](CN2CCCC2)N(CCOC)C(=O)CCCCC(=O)c2ccc(OC)cc2)cc1. The summed E-state index contributed by atoms with van der Waals surface area (Å²) in [5.41, 5.74) is 1.37. The number of likely N-dealkylation sites (tertiary alicyclic amines) is 1. The number of carbonyl (C=O) groups excluding carboxylic acids is 2. The average Bonchev–Trinajstić information content (AvgIpc) is 3.52. The number of nitrogens with zero attached hydrogens (tertiary/aromatic N) is 2. The summed E-state index contributed by atoms with van der Waals surface area (Å²) >= 11 is 0. The van der Waals surface area contributed by atoms with Gasteiger partial charge in [0, 0.05) is 45.7 Å². The Kier molecular flexibility index (Phi) is 14.1. The van der Waals surface area contributed by atoms with Gasteiger partial charge in [-0.15, -0.1) is 0 Å². The third-order valence-corrected chi connectivity index (χ3v) is 7.50. The van der Waals surface area contributed by atoms with Gasteiger partial charge in [0.1, 0.15) is 24.2 Å². The van der Waals surface area contributed by atoms with Crippen LogP contribution in [0.5, 0.6) is 11.5 Å². The minimum atomic E-state index is -0.874. The summed E-state index contributed by atoms with van der Waals surface area (Å²) in [5, 5.41) is 11.6. The Morgan fingerprint density at radius 2 is 1.49 bits per heavy atom. The van der Waals surface area contributed by atoms with Crippen molar-refractivity contribution in [3.05, 3.63) is 59.7 Å². The molecule has 9 heteroatoms. The molecule has 1 aliphatic heterocycles. The van der Waals surface area contributed by atoms with Crippen LogP contribution in [-0.4, -0.2) is 100.0 Å². The van der Waals surface area contributed by atoms with Gasteiger partial charge >= 0.3 is 0 Å². The molecule has 0 bridgehead atoms. The summed E-state index contributed by atoms with van der Waals surface area (Å²) in [4.78, 5) is 30.3. The highest BCUT2D eigenvalue weighted by Crippen LogP contribution is 2.26. The van der Waals surface area contributed by atoms with E-state index in [2.05, 4.69) is 4.90 Å². The maximum absolute atomic E-state index is 13.6. The topological polar surface area (TPSA) is 97.8 Å². The second-order valence-corrected chi connectivity index (χ2v) is 10.4. The van der Waals surface area contributed by atoms with Crippen LogP contribution < -0.4 is 9.47 Å². The lowest BCUT2D eigenvalue weighted by atomic mass is 9.99. The van der Waals surface area contributed by atoms with Crippen molar-refractivity contribution in [2.45, 2.75) is 50.7 Å². The quantitative estimate of drug-likeness (QED) is 0.199. The Bertz CT molecular complexity index is 1040. The summed E-state index contributed by atoms with van der Waals surface area (Å²) in [6.07, 6.45) is 3.23. The Labute approximate surface area is 244 Å². The molecule has 3 rings (SSSR count). The minimum absolute atomic E-state index is 0.0401. The third kappa shape index (κ3) is 10.4. The minimum Gasteiger partial charge on any atom is -0.497 e. The first-order valence-electron chi connectivity index (χ1n) is 14.5. The highest BCUT2D eigenvalue weighted by molar-refractivity contribution is 5.96. The molecule has 0 spiro atoms. The van der Waals surface area contributed by atoms with Crippen molar-refractivity contribution < 1.29 is 33.6 Å². The predicted octanol–water partition coefficient (Wildman–Crippen LogP) is 4.14. The molecule has 0 saturated carbocycles. The maximum Gasteiger partial charge on any atom is 0.223 e. The average molecular weight is 571 g/mol. The molecule has 1 N–H and O–H groups in total. The van der Waals surface area contributed by atoms with Crippen molar-refractivity contribution in [2.24, 2.45) is 0 Å². The number of hydrogen-bond acceptors (Lipinski definition) is 8.